The topological polar surface area (TPSA) is 29.3 Å². The highest BCUT2D eigenvalue weighted by Gasteiger charge is 2.40. The van der Waals surface area contributed by atoms with E-state index in [4.69, 9.17) is 5.73 Å². The molecule has 0 aromatic rings. The van der Waals surface area contributed by atoms with Crippen LogP contribution in [0.3, 0.4) is 0 Å². The Morgan fingerprint density at radius 3 is 2.92 bits per heavy atom. The summed E-state index contributed by atoms with van der Waals surface area (Å²) in [6.45, 7) is 4.69. The molecule has 1 heterocycles. The van der Waals surface area contributed by atoms with Crippen LogP contribution in [0.1, 0.15) is 19.8 Å². The second kappa shape index (κ2) is 3.20. The molecule has 2 aliphatic rings. The van der Waals surface area contributed by atoms with Crippen LogP contribution < -0.4 is 5.73 Å². The average Bonchev–Trinajstić information content (AvgIpc) is 2.74. The van der Waals surface area contributed by atoms with Gasteiger partial charge in [-0.1, -0.05) is 0 Å². The lowest BCUT2D eigenvalue weighted by Crippen LogP contribution is -2.47. The molecule has 70 valence electrons. The van der Waals surface area contributed by atoms with Gasteiger partial charge in [-0.2, -0.15) is 11.8 Å². The third-order valence-electron chi connectivity index (χ3n) is 2.92. The predicted molar refractivity (Wildman–Crippen MR) is 54.5 cm³/mol. The third kappa shape index (κ3) is 1.95. The molecule has 2 nitrogen and oxygen atoms in total. The smallest absolute Gasteiger partial charge is 0.0284 e. The van der Waals surface area contributed by atoms with Crippen LogP contribution in [0.5, 0.6) is 0 Å². The molecular weight excluding hydrogens is 168 g/mol. The number of thioether (sulfide) groups is 1. The summed E-state index contributed by atoms with van der Waals surface area (Å²) in [7, 11) is 0. The molecule has 0 radical (unpaired) electrons. The highest BCUT2D eigenvalue weighted by molar-refractivity contribution is 7.99. The van der Waals surface area contributed by atoms with Gasteiger partial charge in [0.25, 0.3) is 0 Å². The molecular formula is C9H18N2S. The number of rotatable bonds is 2. The molecule has 1 unspecified atom stereocenters. The third-order valence-corrected chi connectivity index (χ3v) is 4.10. The van der Waals surface area contributed by atoms with Gasteiger partial charge >= 0.3 is 0 Å². The van der Waals surface area contributed by atoms with E-state index in [0.29, 0.717) is 0 Å². The van der Waals surface area contributed by atoms with Crippen LogP contribution in [0, 0.1) is 0 Å². The van der Waals surface area contributed by atoms with Crippen molar-refractivity contribution >= 4 is 11.8 Å². The van der Waals surface area contributed by atoms with Crippen LogP contribution in [0.15, 0.2) is 0 Å². The van der Waals surface area contributed by atoms with E-state index in [1.165, 1.54) is 30.9 Å². The van der Waals surface area contributed by atoms with E-state index in [0.717, 1.165) is 12.6 Å². The normalized spacial score (nSPS) is 35.0. The zero-order valence-electron chi connectivity index (χ0n) is 7.75. The van der Waals surface area contributed by atoms with Gasteiger partial charge in [0.15, 0.2) is 0 Å². The average molecular weight is 186 g/mol. The first-order valence-corrected chi connectivity index (χ1v) is 5.96. The Balaban J connectivity index is 1.84. The van der Waals surface area contributed by atoms with E-state index < -0.39 is 0 Å². The Morgan fingerprint density at radius 2 is 2.33 bits per heavy atom. The molecule has 0 aromatic carbocycles. The Kier molecular flexibility index (Phi) is 2.36. The molecule has 0 bridgehead atoms. The van der Waals surface area contributed by atoms with Crippen LogP contribution >= 0.6 is 11.8 Å². The van der Waals surface area contributed by atoms with Crippen LogP contribution in [-0.4, -0.2) is 41.1 Å². The molecule has 1 saturated carbocycles. The van der Waals surface area contributed by atoms with Crippen LogP contribution in [0.4, 0.5) is 0 Å². The van der Waals surface area contributed by atoms with Gasteiger partial charge in [-0.15, -0.1) is 0 Å². The van der Waals surface area contributed by atoms with Gasteiger partial charge < -0.3 is 5.73 Å². The minimum atomic E-state index is 0.205. The second-order valence-corrected chi connectivity index (χ2v) is 5.41. The quantitative estimate of drug-likeness (QED) is 0.695. The standard InChI is InChI=1S/C9H18N2S/c1-8-6-12-5-4-11(8)7-9(10)2-3-9/h8H,2-7,10H2,1H3. The van der Waals surface area contributed by atoms with Crippen molar-refractivity contribution in [3.63, 3.8) is 0 Å². The van der Waals surface area contributed by atoms with E-state index in [-0.39, 0.29) is 5.54 Å². The number of hydrogen-bond acceptors (Lipinski definition) is 3. The second-order valence-electron chi connectivity index (χ2n) is 4.26. The first kappa shape index (κ1) is 8.85. The summed E-state index contributed by atoms with van der Waals surface area (Å²) in [4.78, 5) is 2.56. The predicted octanol–water partition coefficient (Wildman–Crippen LogP) is 0.915. The number of nitrogens with two attached hydrogens (primary N) is 1. The van der Waals surface area contributed by atoms with Gasteiger partial charge in [-0.05, 0) is 19.8 Å². The fourth-order valence-electron chi connectivity index (χ4n) is 1.72. The van der Waals surface area contributed by atoms with E-state index in [1.54, 1.807) is 0 Å². The molecule has 2 rings (SSSR count). The summed E-state index contributed by atoms with van der Waals surface area (Å²) in [6.07, 6.45) is 2.48. The molecule has 3 heteroatoms. The Morgan fingerprint density at radius 1 is 1.58 bits per heavy atom. The van der Waals surface area contributed by atoms with Crippen molar-refractivity contribution in [3.8, 4) is 0 Å². The zero-order chi connectivity index (χ0) is 8.60. The summed E-state index contributed by atoms with van der Waals surface area (Å²) in [5, 5.41) is 0. The lowest BCUT2D eigenvalue weighted by atomic mass is 10.2. The molecule has 2 N–H and O–H groups in total. The minimum Gasteiger partial charge on any atom is -0.324 e. The first-order valence-electron chi connectivity index (χ1n) is 4.80. The molecule has 1 saturated heterocycles. The van der Waals surface area contributed by atoms with Crippen molar-refractivity contribution in [2.45, 2.75) is 31.3 Å². The van der Waals surface area contributed by atoms with Gasteiger partial charge in [0.05, 0.1) is 0 Å². The monoisotopic (exact) mass is 186 g/mol. The van der Waals surface area contributed by atoms with Crippen molar-refractivity contribution in [2.24, 2.45) is 5.73 Å². The summed E-state index contributed by atoms with van der Waals surface area (Å²) in [6, 6.07) is 0.741. The van der Waals surface area contributed by atoms with E-state index in [9.17, 15) is 0 Å². The van der Waals surface area contributed by atoms with Gasteiger partial charge in [0.2, 0.25) is 0 Å². The van der Waals surface area contributed by atoms with Crippen molar-refractivity contribution in [3.05, 3.63) is 0 Å². The van der Waals surface area contributed by atoms with E-state index >= 15 is 0 Å². The molecule has 0 aromatic heterocycles. The van der Waals surface area contributed by atoms with Crippen molar-refractivity contribution in [1.82, 2.24) is 4.90 Å². The van der Waals surface area contributed by atoms with Gasteiger partial charge in [-0.3, -0.25) is 4.90 Å². The summed E-state index contributed by atoms with van der Waals surface area (Å²) < 4.78 is 0. The lowest BCUT2D eigenvalue weighted by Gasteiger charge is -2.34. The Labute approximate surface area is 78.9 Å². The molecule has 1 aliphatic carbocycles. The highest BCUT2D eigenvalue weighted by Crippen LogP contribution is 2.34. The Hall–Kier alpha value is 0.270. The van der Waals surface area contributed by atoms with Gasteiger partial charge in [0.1, 0.15) is 0 Å². The van der Waals surface area contributed by atoms with Gasteiger partial charge in [-0.25, -0.2) is 0 Å². The molecule has 0 amide bonds. The van der Waals surface area contributed by atoms with Crippen molar-refractivity contribution < 1.29 is 0 Å². The molecule has 0 spiro atoms. The molecule has 2 fully saturated rings. The van der Waals surface area contributed by atoms with Crippen LogP contribution in [0.2, 0.25) is 0 Å². The summed E-state index contributed by atoms with van der Waals surface area (Å²) in [5.41, 5.74) is 6.30. The highest BCUT2D eigenvalue weighted by atomic mass is 32.2. The SMILES string of the molecule is CC1CSCCN1CC1(N)CC1. The molecule has 1 atom stereocenters. The molecule has 1 aliphatic heterocycles. The fourth-order valence-corrected chi connectivity index (χ4v) is 2.80. The minimum absolute atomic E-state index is 0.205. The van der Waals surface area contributed by atoms with E-state index in [2.05, 4.69) is 23.6 Å². The van der Waals surface area contributed by atoms with Crippen LogP contribution in [-0.2, 0) is 0 Å². The number of hydrogen-bond donors (Lipinski definition) is 1. The van der Waals surface area contributed by atoms with Crippen LogP contribution in [0.25, 0.3) is 0 Å². The Bertz CT molecular complexity index is 168. The molecule has 12 heavy (non-hydrogen) atoms. The maximum absolute atomic E-state index is 6.09. The lowest BCUT2D eigenvalue weighted by molar-refractivity contribution is 0.212. The summed E-state index contributed by atoms with van der Waals surface area (Å²) >= 11 is 2.07. The zero-order valence-corrected chi connectivity index (χ0v) is 8.57. The first-order chi connectivity index (χ1) is 5.70. The number of nitrogens with zero attached hydrogens (tertiary/aromatic N) is 1. The van der Waals surface area contributed by atoms with Crippen molar-refractivity contribution in [1.29, 1.82) is 0 Å². The van der Waals surface area contributed by atoms with Gasteiger partial charge in [0, 0.05) is 36.2 Å². The summed E-state index contributed by atoms with van der Waals surface area (Å²) in [5.74, 6) is 2.58. The maximum atomic E-state index is 6.09. The largest absolute Gasteiger partial charge is 0.324 e. The van der Waals surface area contributed by atoms with Crippen molar-refractivity contribution in [2.75, 3.05) is 24.6 Å². The fraction of sp³-hybridized carbons (Fsp3) is 1.00. The van der Waals surface area contributed by atoms with E-state index in [1.807, 2.05) is 0 Å². The maximum Gasteiger partial charge on any atom is 0.0284 e.